The Bertz CT molecular complexity index is 786. The Kier molecular flexibility index (Phi) is 14.0. The van der Waals surface area contributed by atoms with Crippen LogP contribution in [0.3, 0.4) is 0 Å². The SMILES string of the molecule is CCCCC/C=C\C[C@]1(O)CC[C@@H](O[Si](C)(C)C(C)(C)C)/C1=C/C=C/[C@H](O)CCCO[Si](C)(C)C(C)(C)C. The molecule has 222 valence electrons. The number of aliphatic hydroxyl groups is 2. The molecule has 3 atom stereocenters. The number of allylic oxidation sites excluding steroid dienone is 3. The van der Waals surface area contributed by atoms with Gasteiger partial charge in [-0.05, 0) is 86.8 Å². The molecule has 1 aliphatic carbocycles. The molecule has 0 bridgehead atoms. The molecule has 1 aliphatic rings. The summed E-state index contributed by atoms with van der Waals surface area (Å²) in [5.74, 6) is 0. The van der Waals surface area contributed by atoms with Crippen LogP contribution in [0.2, 0.25) is 36.3 Å². The highest BCUT2D eigenvalue weighted by Crippen LogP contribution is 2.45. The van der Waals surface area contributed by atoms with Crippen LogP contribution in [0.25, 0.3) is 0 Å². The summed E-state index contributed by atoms with van der Waals surface area (Å²) in [6, 6.07) is 0. The lowest BCUT2D eigenvalue weighted by molar-refractivity contribution is 0.0847. The standard InChI is InChI=1S/C32H62O4Si2/c1-12-13-14-15-16-17-24-32(34)25-23-29(36-38(10,11)31(5,6)7)28(32)22-18-20-27(33)21-19-26-35-37(8,9)30(2,3)4/h16-18,20,22,27,29,33-34H,12-15,19,21,23-26H2,1-11H3/b17-16-,20-18+,28-22-/t27-,29+,32-/m0/s1. The van der Waals surface area contributed by atoms with Gasteiger partial charge < -0.3 is 19.1 Å². The fourth-order valence-electron chi connectivity index (χ4n) is 4.23. The van der Waals surface area contributed by atoms with Crippen LogP contribution in [0.1, 0.15) is 106 Å². The normalized spacial score (nSPS) is 23.8. The maximum atomic E-state index is 11.7. The lowest BCUT2D eigenvalue weighted by Gasteiger charge is -2.39. The second kappa shape index (κ2) is 14.9. The van der Waals surface area contributed by atoms with E-state index in [-0.39, 0.29) is 16.2 Å². The molecule has 0 unspecified atom stereocenters. The topological polar surface area (TPSA) is 58.9 Å². The second-order valence-electron chi connectivity index (χ2n) is 14.4. The van der Waals surface area contributed by atoms with Crippen molar-refractivity contribution >= 4 is 16.6 Å². The zero-order valence-corrected chi connectivity index (χ0v) is 28.8. The number of hydrogen-bond donors (Lipinski definition) is 2. The molecule has 4 nitrogen and oxygen atoms in total. The molecule has 2 N–H and O–H groups in total. The summed E-state index contributed by atoms with van der Waals surface area (Å²) in [5.41, 5.74) is 0.0749. The van der Waals surface area contributed by atoms with E-state index in [4.69, 9.17) is 8.85 Å². The summed E-state index contributed by atoms with van der Waals surface area (Å²) in [4.78, 5) is 0. The predicted octanol–water partition coefficient (Wildman–Crippen LogP) is 9.07. The highest BCUT2D eigenvalue weighted by molar-refractivity contribution is 6.74. The molecule has 0 aromatic carbocycles. The van der Waals surface area contributed by atoms with Crippen LogP contribution in [0.4, 0.5) is 0 Å². The molecule has 38 heavy (non-hydrogen) atoms. The maximum Gasteiger partial charge on any atom is 0.192 e. The summed E-state index contributed by atoms with van der Waals surface area (Å²) in [6.45, 7) is 25.5. The molecule has 0 spiro atoms. The fourth-order valence-corrected chi connectivity index (χ4v) is 6.63. The van der Waals surface area contributed by atoms with Gasteiger partial charge in [0.15, 0.2) is 16.6 Å². The zero-order valence-electron chi connectivity index (χ0n) is 26.8. The van der Waals surface area contributed by atoms with Gasteiger partial charge >= 0.3 is 0 Å². The lowest BCUT2D eigenvalue weighted by atomic mass is 9.91. The van der Waals surface area contributed by atoms with Crippen LogP contribution in [0.15, 0.2) is 36.0 Å². The van der Waals surface area contributed by atoms with Gasteiger partial charge in [-0.25, -0.2) is 0 Å². The first kappa shape index (κ1) is 35.5. The molecule has 1 saturated carbocycles. The highest BCUT2D eigenvalue weighted by atomic mass is 28.4. The Morgan fingerprint density at radius 3 is 2.18 bits per heavy atom. The van der Waals surface area contributed by atoms with Crippen LogP contribution in [0, 0.1) is 0 Å². The third kappa shape index (κ3) is 11.2. The van der Waals surface area contributed by atoms with Gasteiger partial charge in [-0.2, -0.15) is 0 Å². The van der Waals surface area contributed by atoms with E-state index >= 15 is 0 Å². The lowest BCUT2D eigenvalue weighted by Crippen LogP contribution is -2.44. The summed E-state index contributed by atoms with van der Waals surface area (Å²) >= 11 is 0. The number of rotatable bonds is 15. The summed E-state index contributed by atoms with van der Waals surface area (Å²) in [5, 5.41) is 22.6. The average Bonchev–Trinajstić information content (AvgIpc) is 3.07. The Morgan fingerprint density at radius 1 is 0.974 bits per heavy atom. The van der Waals surface area contributed by atoms with E-state index < -0.39 is 28.3 Å². The number of hydrogen-bond acceptors (Lipinski definition) is 4. The van der Waals surface area contributed by atoms with E-state index in [0.29, 0.717) is 25.9 Å². The molecule has 0 amide bonds. The third-order valence-electron chi connectivity index (χ3n) is 9.07. The molecular formula is C32H62O4Si2. The molecule has 0 aliphatic heterocycles. The van der Waals surface area contributed by atoms with Crippen molar-refractivity contribution in [2.24, 2.45) is 0 Å². The predicted molar refractivity (Wildman–Crippen MR) is 170 cm³/mol. The first-order valence-electron chi connectivity index (χ1n) is 15.1. The van der Waals surface area contributed by atoms with Gasteiger partial charge in [-0.15, -0.1) is 0 Å². The van der Waals surface area contributed by atoms with Crippen LogP contribution in [-0.2, 0) is 8.85 Å². The largest absolute Gasteiger partial charge is 0.417 e. The Balaban J connectivity index is 2.91. The highest BCUT2D eigenvalue weighted by Gasteiger charge is 2.47. The van der Waals surface area contributed by atoms with Crippen LogP contribution in [0.5, 0.6) is 0 Å². The number of unbranched alkanes of at least 4 members (excludes halogenated alkanes) is 3. The van der Waals surface area contributed by atoms with Crippen LogP contribution < -0.4 is 0 Å². The molecule has 6 heteroatoms. The maximum absolute atomic E-state index is 11.7. The monoisotopic (exact) mass is 566 g/mol. The molecule has 0 aromatic rings. The van der Waals surface area contributed by atoms with Gasteiger partial charge in [-0.3, -0.25) is 0 Å². The van der Waals surface area contributed by atoms with Gasteiger partial charge in [-0.1, -0.05) is 91.7 Å². The van der Waals surface area contributed by atoms with Gasteiger partial charge in [0.1, 0.15) is 0 Å². The Hall–Kier alpha value is -0.506. The van der Waals surface area contributed by atoms with Crippen molar-refractivity contribution < 1.29 is 19.1 Å². The Labute approximate surface area is 238 Å². The van der Waals surface area contributed by atoms with Crippen molar-refractivity contribution in [1.29, 1.82) is 0 Å². The van der Waals surface area contributed by atoms with Crippen molar-refractivity contribution in [3.8, 4) is 0 Å². The molecule has 0 radical (unpaired) electrons. The van der Waals surface area contributed by atoms with Gasteiger partial charge in [0.25, 0.3) is 0 Å². The molecule has 0 aromatic heterocycles. The average molecular weight is 567 g/mol. The molecule has 0 saturated heterocycles. The summed E-state index contributed by atoms with van der Waals surface area (Å²) in [6.07, 6.45) is 18.0. The van der Waals surface area contributed by atoms with Crippen LogP contribution >= 0.6 is 0 Å². The molecule has 0 heterocycles. The van der Waals surface area contributed by atoms with Gasteiger partial charge in [0.2, 0.25) is 0 Å². The third-order valence-corrected chi connectivity index (χ3v) is 18.1. The number of aliphatic hydroxyl groups excluding tert-OH is 1. The van der Waals surface area contributed by atoms with E-state index in [2.05, 4.69) is 86.8 Å². The van der Waals surface area contributed by atoms with E-state index in [1.165, 1.54) is 19.3 Å². The second-order valence-corrected chi connectivity index (χ2v) is 24.0. The molecule has 1 rings (SSSR count). The van der Waals surface area contributed by atoms with Gasteiger partial charge in [0.05, 0.1) is 17.8 Å². The fraction of sp³-hybridized carbons (Fsp3) is 0.812. The van der Waals surface area contributed by atoms with Crippen molar-refractivity contribution in [2.45, 2.75) is 160 Å². The molecule has 1 fully saturated rings. The minimum Gasteiger partial charge on any atom is -0.417 e. The zero-order chi connectivity index (χ0) is 29.3. The summed E-state index contributed by atoms with van der Waals surface area (Å²) < 4.78 is 13.1. The smallest absolute Gasteiger partial charge is 0.192 e. The molecular weight excluding hydrogens is 505 g/mol. The minimum atomic E-state index is -1.99. The van der Waals surface area contributed by atoms with Gasteiger partial charge in [0, 0.05) is 6.61 Å². The van der Waals surface area contributed by atoms with Crippen molar-refractivity contribution in [1.82, 2.24) is 0 Å². The van der Waals surface area contributed by atoms with Crippen molar-refractivity contribution in [2.75, 3.05) is 6.61 Å². The van der Waals surface area contributed by atoms with E-state index in [1.807, 2.05) is 18.2 Å². The first-order chi connectivity index (χ1) is 17.4. The Morgan fingerprint density at radius 2 is 1.61 bits per heavy atom. The quantitative estimate of drug-likeness (QED) is 0.118. The summed E-state index contributed by atoms with van der Waals surface area (Å²) in [7, 11) is -3.74. The first-order valence-corrected chi connectivity index (χ1v) is 20.9. The van der Waals surface area contributed by atoms with E-state index in [0.717, 1.165) is 24.8 Å². The van der Waals surface area contributed by atoms with Crippen molar-refractivity contribution in [3.63, 3.8) is 0 Å². The van der Waals surface area contributed by atoms with Crippen LogP contribution in [-0.4, -0.2) is 51.3 Å². The van der Waals surface area contributed by atoms with E-state index in [1.54, 1.807) is 0 Å². The van der Waals surface area contributed by atoms with Crippen molar-refractivity contribution in [3.05, 3.63) is 36.0 Å². The van der Waals surface area contributed by atoms with E-state index in [9.17, 15) is 10.2 Å². The minimum absolute atomic E-state index is 0.0748.